The van der Waals surface area contributed by atoms with Crippen LogP contribution in [0.15, 0.2) is 54.6 Å². The molecule has 4 heteroatoms. The van der Waals surface area contributed by atoms with Crippen LogP contribution in [0, 0.1) is 35.5 Å². The third kappa shape index (κ3) is 23.1. The second-order valence-corrected chi connectivity index (χ2v) is 23.0. The number of hydrogen-bond donors (Lipinski definition) is 0. The van der Waals surface area contributed by atoms with Crippen LogP contribution in [0.2, 0.25) is 0 Å². The molecule has 3 aromatic rings. The summed E-state index contributed by atoms with van der Waals surface area (Å²) in [7, 11) is -1.87. The fourth-order valence-electron chi connectivity index (χ4n) is 10.9. The Kier molecular flexibility index (Phi) is 32.9. The molecule has 0 aromatic heterocycles. The van der Waals surface area contributed by atoms with Gasteiger partial charge < -0.3 is 13.6 Å². The lowest BCUT2D eigenvalue weighted by Gasteiger charge is -2.26. The number of benzene rings is 3. The van der Waals surface area contributed by atoms with Gasteiger partial charge in [0.15, 0.2) is 0 Å². The van der Waals surface area contributed by atoms with Crippen LogP contribution in [0.25, 0.3) is 0 Å². The first-order chi connectivity index (χ1) is 34.1. The van der Waals surface area contributed by atoms with Crippen molar-refractivity contribution in [3.63, 3.8) is 0 Å². The van der Waals surface area contributed by atoms with Gasteiger partial charge in [0, 0.05) is 0 Å². The highest BCUT2D eigenvalue weighted by Crippen LogP contribution is 2.47. The van der Waals surface area contributed by atoms with Gasteiger partial charge in [0.1, 0.15) is 17.2 Å². The molecular formula is C66H111O3P. The van der Waals surface area contributed by atoms with Crippen molar-refractivity contribution < 1.29 is 13.6 Å². The van der Waals surface area contributed by atoms with E-state index in [-0.39, 0.29) is 0 Å². The summed E-state index contributed by atoms with van der Waals surface area (Å²) in [6.07, 6.45) is 36.5. The normalized spacial score (nSPS) is 14.7. The summed E-state index contributed by atoms with van der Waals surface area (Å²) in [6.45, 7) is 28.2. The van der Waals surface area contributed by atoms with Crippen LogP contribution in [0.1, 0.15) is 271 Å². The minimum atomic E-state index is -1.87. The van der Waals surface area contributed by atoms with E-state index >= 15 is 0 Å². The molecule has 6 atom stereocenters. The maximum atomic E-state index is 7.39. The number of unbranched alkanes of at least 4 members (excludes halogenated alkanes) is 6. The molecule has 0 aliphatic heterocycles. The van der Waals surface area contributed by atoms with Crippen LogP contribution in [0.5, 0.6) is 17.2 Å². The summed E-state index contributed by atoms with van der Waals surface area (Å²) in [6, 6.07) is 21.5. The van der Waals surface area contributed by atoms with Gasteiger partial charge >= 0.3 is 8.60 Å². The monoisotopic (exact) mass is 983 g/mol. The quantitative estimate of drug-likeness (QED) is 0.0530. The molecule has 3 nitrogen and oxygen atoms in total. The Bertz CT molecular complexity index is 1560. The number of rotatable bonds is 42. The van der Waals surface area contributed by atoms with E-state index in [4.69, 9.17) is 13.6 Å². The molecule has 6 unspecified atom stereocenters. The molecule has 3 aromatic carbocycles. The summed E-state index contributed by atoms with van der Waals surface area (Å²) in [4.78, 5) is 0. The topological polar surface area (TPSA) is 27.7 Å². The standard InChI is InChI=1S/C66H111O3P/c1-13-25-31-52(19-7)43-58-37-40-64(61(49-58)46-55(22-10)34-28-16-4)67-70(68-65-41-38-59(44-53(20-8)32-26-14-2)50-62(65)47-56(23-11)35-29-17-5)69-66-42-39-60(45-54(21-9)33-27-15-3)51-63(66)48-57(24-12)36-30-18-6/h37-42,49-57H,13-36,43-48H2,1-12H3. The average Bonchev–Trinajstić information content (AvgIpc) is 3.38. The average molecular weight is 984 g/mol. The fourth-order valence-corrected chi connectivity index (χ4v) is 12.0. The maximum Gasteiger partial charge on any atom is 0.530 e. The van der Waals surface area contributed by atoms with Gasteiger partial charge in [-0.1, -0.05) is 274 Å². The van der Waals surface area contributed by atoms with Crippen molar-refractivity contribution in [1.29, 1.82) is 0 Å². The van der Waals surface area contributed by atoms with Gasteiger partial charge in [-0.15, -0.1) is 0 Å². The molecule has 0 amide bonds. The molecule has 0 aliphatic rings. The molecule has 0 aliphatic carbocycles. The summed E-state index contributed by atoms with van der Waals surface area (Å²) in [5.41, 5.74) is 8.31. The molecule has 0 saturated heterocycles. The largest absolute Gasteiger partial charge is 0.530 e. The Morgan fingerprint density at radius 3 is 0.714 bits per heavy atom. The lowest BCUT2D eigenvalue weighted by atomic mass is 9.88. The van der Waals surface area contributed by atoms with Gasteiger partial charge in [0.2, 0.25) is 0 Å². The molecule has 3 rings (SSSR count). The van der Waals surface area contributed by atoms with Crippen LogP contribution >= 0.6 is 8.60 Å². The Hall–Kier alpha value is -2.51. The molecule has 0 radical (unpaired) electrons. The molecule has 0 saturated carbocycles. The molecule has 0 fully saturated rings. The molecule has 0 heterocycles. The van der Waals surface area contributed by atoms with Crippen LogP contribution in [-0.4, -0.2) is 0 Å². The molecule has 70 heavy (non-hydrogen) atoms. The Balaban J connectivity index is 2.28. The Labute approximate surface area is 436 Å². The van der Waals surface area contributed by atoms with Crippen LogP contribution in [0.4, 0.5) is 0 Å². The zero-order valence-corrected chi connectivity index (χ0v) is 48.9. The highest BCUT2D eigenvalue weighted by Gasteiger charge is 2.27. The van der Waals surface area contributed by atoms with E-state index in [0.29, 0.717) is 35.5 Å². The smallest absolute Gasteiger partial charge is 0.408 e. The van der Waals surface area contributed by atoms with E-state index in [2.05, 4.69) is 138 Å². The van der Waals surface area contributed by atoms with Crippen molar-refractivity contribution >= 4 is 8.60 Å². The third-order valence-electron chi connectivity index (χ3n) is 16.3. The van der Waals surface area contributed by atoms with E-state index < -0.39 is 8.60 Å². The van der Waals surface area contributed by atoms with Gasteiger partial charge in [0.25, 0.3) is 0 Å². The second-order valence-electron chi connectivity index (χ2n) is 22.0. The first kappa shape index (κ1) is 61.8. The summed E-state index contributed by atoms with van der Waals surface area (Å²) >= 11 is 0. The SMILES string of the molecule is CCCCC(CC)Cc1ccc(OP(Oc2ccc(CC(CC)CCCC)cc2CC(CC)CCCC)Oc2ccc(CC(CC)CCCC)cc2CC(CC)CCCC)c(CC(CC)CCCC)c1. The minimum absolute atomic E-state index is 0.614. The fraction of sp³-hybridized carbons (Fsp3) is 0.727. The van der Waals surface area contributed by atoms with Crippen molar-refractivity contribution in [2.75, 3.05) is 0 Å². The highest BCUT2D eigenvalue weighted by molar-refractivity contribution is 7.43. The van der Waals surface area contributed by atoms with Crippen molar-refractivity contribution in [1.82, 2.24) is 0 Å². The van der Waals surface area contributed by atoms with Crippen LogP contribution in [-0.2, 0) is 38.5 Å². The predicted octanol–water partition coefficient (Wildman–Crippen LogP) is 22.0. The van der Waals surface area contributed by atoms with Gasteiger partial charge in [0.05, 0.1) is 0 Å². The van der Waals surface area contributed by atoms with E-state index in [1.54, 1.807) is 0 Å². The summed E-state index contributed by atoms with van der Waals surface area (Å²) in [5.74, 6) is 6.79. The second kappa shape index (κ2) is 37.3. The van der Waals surface area contributed by atoms with E-state index in [0.717, 1.165) is 55.8 Å². The Morgan fingerprint density at radius 1 is 0.300 bits per heavy atom. The van der Waals surface area contributed by atoms with E-state index in [1.165, 1.54) is 187 Å². The van der Waals surface area contributed by atoms with E-state index in [1.807, 2.05) is 0 Å². The van der Waals surface area contributed by atoms with Crippen molar-refractivity contribution in [3.05, 3.63) is 88.0 Å². The highest BCUT2D eigenvalue weighted by atomic mass is 31.2. The van der Waals surface area contributed by atoms with Gasteiger partial charge in [-0.3, -0.25) is 0 Å². The van der Waals surface area contributed by atoms with Crippen LogP contribution in [0.3, 0.4) is 0 Å². The van der Waals surface area contributed by atoms with Gasteiger partial charge in [-0.25, -0.2) is 0 Å². The molecule has 398 valence electrons. The molecular weight excluding hydrogens is 872 g/mol. The zero-order chi connectivity index (χ0) is 50.9. The van der Waals surface area contributed by atoms with Crippen molar-refractivity contribution in [2.24, 2.45) is 35.5 Å². The summed E-state index contributed by atoms with van der Waals surface area (Å²) < 4.78 is 22.2. The zero-order valence-electron chi connectivity index (χ0n) is 48.0. The predicted molar refractivity (Wildman–Crippen MR) is 310 cm³/mol. The molecule has 0 bridgehead atoms. The lowest BCUT2D eigenvalue weighted by Crippen LogP contribution is -2.12. The number of hydrogen-bond acceptors (Lipinski definition) is 3. The summed E-state index contributed by atoms with van der Waals surface area (Å²) in [5, 5.41) is 0. The molecule has 0 spiro atoms. The first-order valence-corrected chi connectivity index (χ1v) is 31.4. The minimum Gasteiger partial charge on any atom is -0.408 e. The third-order valence-corrected chi connectivity index (χ3v) is 17.3. The van der Waals surface area contributed by atoms with Crippen LogP contribution < -0.4 is 13.6 Å². The van der Waals surface area contributed by atoms with Crippen molar-refractivity contribution in [2.45, 2.75) is 276 Å². The van der Waals surface area contributed by atoms with E-state index in [9.17, 15) is 0 Å². The van der Waals surface area contributed by atoms with Gasteiger partial charge in [-0.2, -0.15) is 0 Å². The van der Waals surface area contributed by atoms with Crippen molar-refractivity contribution in [3.8, 4) is 17.2 Å². The lowest BCUT2D eigenvalue weighted by molar-refractivity contribution is 0.372. The maximum absolute atomic E-state index is 7.39. The Morgan fingerprint density at radius 2 is 0.514 bits per heavy atom. The van der Waals surface area contributed by atoms with Gasteiger partial charge in [-0.05, 0) is 126 Å². The molecule has 0 N–H and O–H groups in total. The first-order valence-electron chi connectivity index (χ1n) is 30.3.